The Morgan fingerprint density at radius 2 is 2.06 bits per heavy atom. The molecule has 3 heteroatoms. The number of fused-ring (bicyclic) bond motifs is 1. The van der Waals surface area contributed by atoms with E-state index in [-0.39, 0.29) is 6.10 Å². The lowest BCUT2D eigenvalue weighted by Crippen LogP contribution is -2.10. The van der Waals surface area contributed by atoms with Crippen LogP contribution in [0.15, 0.2) is 6.07 Å². The van der Waals surface area contributed by atoms with Crippen LogP contribution in [0.4, 0.5) is 0 Å². The van der Waals surface area contributed by atoms with Crippen LogP contribution in [0, 0.1) is 11.8 Å². The molecule has 1 N–H and O–H groups in total. The van der Waals surface area contributed by atoms with Gasteiger partial charge in [0.2, 0.25) is 0 Å². The van der Waals surface area contributed by atoms with Gasteiger partial charge in [-0.05, 0) is 51.0 Å². The largest absolute Gasteiger partial charge is 0.393 e. The van der Waals surface area contributed by atoms with Gasteiger partial charge >= 0.3 is 0 Å². The summed E-state index contributed by atoms with van der Waals surface area (Å²) in [7, 11) is 0. The van der Waals surface area contributed by atoms with E-state index in [0.717, 1.165) is 31.1 Å². The van der Waals surface area contributed by atoms with E-state index in [0.29, 0.717) is 12.0 Å². The van der Waals surface area contributed by atoms with Crippen molar-refractivity contribution in [2.75, 3.05) is 0 Å². The summed E-state index contributed by atoms with van der Waals surface area (Å²) in [4.78, 5) is 0. The highest BCUT2D eigenvalue weighted by molar-refractivity contribution is 5.27. The molecular weight excluding hydrogens is 212 g/mol. The molecule has 2 saturated carbocycles. The fourth-order valence-corrected chi connectivity index (χ4v) is 3.55. The first kappa shape index (κ1) is 11.3. The van der Waals surface area contributed by atoms with Gasteiger partial charge in [0, 0.05) is 17.7 Å². The van der Waals surface area contributed by atoms with E-state index in [1.165, 1.54) is 11.4 Å². The van der Waals surface area contributed by atoms with Crippen molar-refractivity contribution in [2.24, 2.45) is 11.8 Å². The predicted molar refractivity (Wildman–Crippen MR) is 67.0 cm³/mol. The van der Waals surface area contributed by atoms with Crippen molar-refractivity contribution in [1.82, 2.24) is 9.78 Å². The molecule has 1 heterocycles. The molecule has 0 aliphatic heterocycles. The molecular formula is C14H22N2O. The SMILES string of the molecule is CCc1cc(C2C3CC(O)CC32)n(C(C)C)n1. The van der Waals surface area contributed by atoms with E-state index in [2.05, 4.69) is 36.6 Å². The van der Waals surface area contributed by atoms with Crippen molar-refractivity contribution >= 4 is 0 Å². The summed E-state index contributed by atoms with van der Waals surface area (Å²) in [6.07, 6.45) is 2.97. The van der Waals surface area contributed by atoms with Crippen LogP contribution in [-0.2, 0) is 6.42 Å². The summed E-state index contributed by atoms with van der Waals surface area (Å²) in [6, 6.07) is 2.73. The molecule has 0 saturated heterocycles. The van der Waals surface area contributed by atoms with Gasteiger partial charge in [-0.15, -0.1) is 0 Å². The number of rotatable bonds is 3. The minimum absolute atomic E-state index is 0.0395. The Morgan fingerprint density at radius 3 is 2.59 bits per heavy atom. The molecule has 2 atom stereocenters. The minimum Gasteiger partial charge on any atom is -0.393 e. The highest BCUT2D eigenvalue weighted by atomic mass is 16.3. The van der Waals surface area contributed by atoms with Gasteiger partial charge in [0.05, 0.1) is 11.8 Å². The third kappa shape index (κ3) is 1.71. The number of hydrogen-bond acceptors (Lipinski definition) is 2. The first-order chi connectivity index (χ1) is 8.11. The lowest BCUT2D eigenvalue weighted by molar-refractivity contribution is 0.165. The molecule has 0 aromatic carbocycles. The number of aliphatic hydroxyl groups excluding tert-OH is 1. The van der Waals surface area contributed by atoms with Crippen molar-refractivity contribution in [3.05, 3.63) is 17.5 Å². The van der Waals surface area contributed by atoms with Crippen LogP contribution in [0.2, 0.25) is 0 Å². The molecule has 0 radical (unpaired) electrons. The van der Waals surface area contributed by atoms with Gasteiger partial charge in [-0.25, -0.2) is 0 Å². The fraction of sp³-hybridized carbons (Fsp3) is 0.786. The van der Waals surface area contributed by atoms with E-state index >= 15 is 0 Å². The molecule has 3 rings (SSSR count). The Balaban J connectivity index is 1.86. The Hall–Kier alpha value is -0.830. The molecule has 2 aliphatic carbocycles. The van der Waals surface area contributed by atoms with Gasteiger partial charge in [0.15, 0.2) is 0 Å². The van der Waals surface area contributed by atoms with Crippen LogP contribution in [0.1, 0.15) is 57.0 Å². The summed E-state index contributed by atoms with van der Waals surface area (Å²) in [5, 5.41) is 14.3. The van der Waals surface area contributed by atoms with E-state index < -0.39 is 0 Å². The normalized spacial score (nSPS) is 35.4. The monoisotopic (exact) mass is 234 g/mol. The second-order valence-electron chi connectivity index (χ2n) is 5.93. The van der Waals surface area contributed by atoms with Crippen molar-refractivity contribution in [3.63, 3.8) is 0 Å². The molecule has 17 heavy (non-hydrogen) atoms. The number of aryl methyl sites for hydroxylation is 1. The van der Waals surface area contributed by atoms with Crippen LogP contribution in [0.3, 0.4) is 0 Å². The van der Waals surface area contributed by atoms with Crippen LogP contribution < -0.4 is 0 Å². The highest BCUT2D eigenvalue weighted by Gasteiger charge is 2.57. The maximum atomic E-state index is 9.60. The van der Waals surface area contributed by atoms with Crippen molar-refractivity contribution in [1.29, 1.82) is 0 Å². The summed E-state index contributed by atoms with van der Waals surface area (Å²) >= 11 is 0. The van der Waals surface area contributed by atoms with E-state index in [1.54, 1.807) is 0 Å². The third-order valence-electron chi connectivity index (χ3n) is 4.43. The maximum absolute atomic E-state index is 9.60. The standard InChI is InChI=1S/C14H22N2O/c1-4-9-5-13(16(15-9)8(2)3)14-11-6-10(17)7-12(11)14/h5,8,10-12,14,17H,4,6-7H2,1-3H3. The molecule has 94 valence electrons. The average Bonchev–Trinajstić information content (AvgIpc) is 2.68. The Kier molecular flexibility index (Phi) is 2.54. The highest BCUT2D eigenvalue weighted by Crippen LogP contribution is 2.63. The Morgan fingerprint density at radius 1 is 1.41 bits per heavy atom. The van der Waals surface area contributed by atoms with Gasteiger partial charge in [0.1, 0.15) is 0 Å². The zero-order valence-electron chi connectivity index (χ0n) is 10.9. The molecule has 3 nitrogen and oxygen atoms in total. The molecule has 1 aromatic heterocycles. The summed E-state index contributed by atoms with van der Waals surface area (Å²) in [5.41, 5.74) is 2.62. The summed E-state index contributed by atoms with van der Waals surface area (Å²) < 4.78 is 2.20. The maximum Gasteiger partial charge on any atom is 0.0625 e. The average molecular weight is 234 g/mol. The summed E-state index contributed by atoms with van der Waals surface area (Å²) in [5.74, 6) is 2.13. The molecule has 2 unspecified atom stereocenters. The Bertz CT molecular complexity index is 412. The fourth-order valence-electron chi connectivity index (χ4n) is 3.55. The van der Waals surface area contributed by atoms with Gasteiger partial charge in [0.25, 0.3) is 0 Å². The lowest BCUT2D eigenvalue weighted by atomic mass is 10.1. The van der Waals surface area contributed by atoms with Gasteiger partial charge in [-0.1, -0.05) is 6.92 Å². The second kappa shape index (κ2) is 3.84. The topological polar surface area (TPSA) is 38.0 Å². The second-order valence-corrected chi connectivity index (χ2v) is 5.93. The molecule has 2 aliphatic rings. The van der Waals surface area contributed by atoms with Crippen molar-refractivity contribution in [2.45, 2.75) is 58.1 Å². The predicted octanol–water partition coefficient (Wildman–Crippen LogP) is 2.51. The van der Waals surface area contributed by atoms with Crippen LogP contribution >= 0.6 is 0 Å². The summed E-state index contributed by atoms with van der Waals surface area (Å²) in [6.45, 7) is 6.56. The molecule has 0 spiro atoms. The first-order valence-corrected chi connectivity index (χ1v) is 6.88. The lowest BCUT2D eigenvalue weighted by Gasteiger charge is -2.13. The van der Waals surface area contributed by atoms with E-state index in [1.807, 2.05) is 0 Å². The first-order valence-electron chi connectivity index (χ1n) is 6.88. The van der Waals surface area contributed by atoms with E-state index in [9.17, 15) is 5.11 Å². The molecule has 0 bridgehead atoms. The number of nitrogens with zero attached hydrogens (tertiary/aromatic N) is 2. The molecule has 2 fully saturated rings. The minimum atomic E-state index is -0.0395. The quantitative estimate of drug-likeness (QED) is 0.872. The molecule has 1 aromatic rings. The van der Waals surface area contributed by atoms with Crippen LogP contribution in [-0.4, -0.2) is 21.0 Å². The van der Waals surface area contributed by atoms with Crippen LogP contribution in [0.25, 0.3) is 0 Å². The van der Waals surface area contributed by atoms with E-state index in [4.69, 9.17) is 0 Å². The zero-order valence-corrected chi connectivity index (χ0v) is 10.9. The van der Waals surface area contributed by atoms with Gasteiger partial charge < -0.3 is 5.11 Å². The van der Waals surface area contributed by atoms with Gasteiger partial charge in [-0.2, -0.15) is 5.10 Å². The van der Waals surface area contributed by atoms with Gasteiger partial charge in [-0.3, -0.25) is 4.68 Å². The van der Waals surface area contributed by atoms with Crippen molar-refractivity contribution in [3.8, 4) is 0 Å². The Labute approximate surface area is 103 Å². The number of aromatic nitrogens is 2. The van der Waals surface area contributed by atoms with Crippen LogP contribution in [0.5, 0.6) is 0 Å². The zero-order chi connectivity index (χ0) is 12.2. The van der Waals surface area contributed by atoms with Crippen molar-refractivity contribution < 1.29 is 5.11 Å². The molecule has 0 amide bonds. The smallest absolute Gasteiger partial charge is 0.0625 e. The third-order valence-corrected chi connectivity index (χ3v) is 4.43. The number of hydrogen-bond donors (Lipinski definition) is 1. The number of aliphatic hydroxyl groups is 1.